The molecule has 1 aromatic heterocycles. The lowest BCUT2D eigenvalue weighted by atomic mass is 9.95. The highest BCUT2D eigenvalue weighted by atomic mass is 15.2. The fourth-order valence-electron chi connectivity index (χ4n) is 3.52. The number of fused-ring (bicyclic) bond motifs is 1. The molecule has 0 saturated carbocycles. The van der Waals surface area contributed by atoms with Gasteiger partial charge in [0.05, 0.1) is 0 Å². The minimum atomic E-state index is 0.568. The summed E-state index contributed by atoms with van der Waals surface area (Å²) in [5, 5.41) is 4.87. The van der Waals surface area contributed by atoms with Crippen LogP contribution in [-0.4, -0.2) is 36.1 Å². The van der Waals surface area contributed by atoms with Gasteiger partial charge in [-0.3, -0.25) is 4.90 Å². The van der Waals surface area contributed by atoms with Crippen molar-refractivity contribution in [2.45, 2.75) is 38.6 Å². The van der Waals surface area contributed by atoms with Gasteiger partial charge in [-0.15, -0.1) is 0 Å². The quantitative estimate of drug-likeness (QED) is 0.793. The van der Waals surface area contributed by atoms with Gasteiger partial charge in [0.2, 0.25) is 0 Å². The third-order valence-electron chi connectivity index (χ3n) is 4.66. The lowest BCUT2D eigenvalue weighted by Gasteiger charge is -2.35. The first-order valence-electron chi connectivity index (χ1n) is 8.41. The van der Waals surface area contributed by atoms with Crippen LogP contribution in [-0.2, 0) is 0 Å². The van der Waals surface area contributed by atoms with Gasteiger partial charge in [0.25, 0.3) is 0 Å². The van der Waals surface area contributed by atoms with E-state index in [4.69, 9.17) is 0 Å². The highest BCUT2D eigenvalue weighted by Gasteiger charge is 2.23. The topological polar surface area (TPSA) is 31.1 Å². The van der Waals surface area contributed by atoms with Gasteiger partial charge in [-0.25, -0.2) is 0 Å². The number of aromatic nitrogens is 1. The van der Waals surface area contributed by atoms with Gasteiger partial charge in [0.1, 0.15) is 0 Å². The van der Waals surface area contributed by atoms with E-state index in [0.717, 1.165) is 26.2 Å². The van der Waals surface area contributed by atoms with Crippen molar-refractivity contribution in [1.82, 2.24) is 15.2 Å². The molecular formula is C18H27N3. The van der Waals surface area contributed by atoms with Crippen molar-refractivity contribution < 1.29 is 0 Å². The van der Waals surface area contributed by atoms with Crippen LogP contribution < -0.4 is 5.32 Å². The second-order valence-corrected chi connectivity index (χ2v) is 6.08. The van der Waals surface area contributed by atoms with Crippen LogP contribution >= 0.6 is 0 Å². The van der Waals surface area contributed by atoms with E-state index in [0.29, 0.717) is 6.04 Å². The van der Waals surface area contributed by atoms with Gasteiger partial charge in [0, 0.05) is 49.3 Å². The summed E-state index contributed by atoms with van der Waals surface area (Å²) >= 11 is 0. The Morgan fingerprint density at radius 2 is 2.00 bits per heavy atom. The molecule has 1 saturated heterocycles. The number of piperazine rings is 1. The summed E-state index contributed by atoms with van der Waals surface area (Å²) < 4.78 is 0. The second-order valence-electron chi connectivity index (χ2n) is 6.08. The molecule has 0 bridgehead atoms. The number of benzene rings is 1. The molecular weight excluding hydrogens is 258 g/mol. The summed E-state index contributed by atoms with van der Waals surface area (Å²) in [5.74, 6) is 0. The zero-order valence-corrected chi connectivity index (χ0v) is 13.1. The van der Waals surface area contributed by atoms with Crippen molar-refractivity contribution in [2.75, 3.05) is 26.2 Å². The Bertz CT molecular complexity index is 554. The molecule has 0 amide bonds. The number of unbranched alkanes of at least 4 members (excludes halogenated alkanes) is 2. The monoisotopic (exact) mass is 285 g/mol. The van der Waals surface area contributed by atoms with Crippen LogP contribution in [0.1, 0.15) is 44.2 Å². The summed E-state index contributed by atoms with van der Waals surface area (Å²) in [6, 6.07) is 9.51. The van der Waals surface area contributed by atoms with E-state index in [1.165, 1.54) is 42.1 Å². The SMILES string of the molecule is CCCCC[C@@H](c1cccc2[nH]ccc12)N1CCNCC1. The molecule has 2 N–H and O–H groups in total. The van der Waals surface area contributed by atoms with Gasteiger partial charge < -0.3 is 10.3 Å². The standard InChI is InChI=1S/C18H27N3/c1-2-3-4-8-18(21-13-11-19-12-14-21)16-6-5-7-17-15(16)9-10-20-17/h5-7,9-10,18-20H,2-4,8,11-14H2,1H3/t18-/m0/s1. The number of nitrogens with one attached hydrogen (secondary N) is 2. The Labute approximate surface area is 127 Å². The van der Waals surface area contributed by atoms with E-state index in [2.05, 4.69) is 52.6 Å². The molecule has 21 heavy (non-hydrogen) atoms. The number of rotatable bonds is 6. The minimum absolute atomic E-state index is 0.568. The van der Waals surface area contributed by atoms with E-state index in [1.54, 1.807) is 0 Å². The summed E-state index contributed by atoms with van der Waals surface area (Å²) in [7, 11) is 0. The van der Waals surface area contributed by atoms with Crippen molar-refractivity contribution in [3.05, 3.63) is 36.0 Å². The maximum atomic E-state index is 3.47. The minimum Gasteiger partial charge on any atom is -0.361 e. The van der Waals surface area contributed by atoms with E-state index < -0.39 is 0 Å². The number of H-pyrrole nitrogens is 1. The van der Waals surface area contributed by atoms with E-state index >= 15 is 0 Å². The molecule has 0 unspecified atom stereocenters. The summed E-state index contributed by atoms with van der Waals surface area (Å²) in [4.78, 5) is 6.03. The lowest BCUT2D eigenvalue weighted by molar-refractivity contribution is 0.164. The van der Waals surface area contributed by atoms with Gasteiger partial charge in [-0.2, -0.15) is 0 Å². The number of hydrogen-bond acceptors (Lipinski definition) is 2. The van der Waals surface area contributed by atoms with Gasteiger partial charge in [-0.1, -0.05) is 38.3 Å². The number of aromatic amines is 1. The van der Waals surface area contributed by atoms with Gasteiger partial charge in [0.15, 0.2) is 0 Å². The molecule has 0 aliphatic carbocycles. The Hall–Kier alpha value is -1.32. The third-order valence-corrected chi connectivity index (χ3v) is 4.66. The first-order chi connectivity index (χ1) is 10.4. The average molecular weight is 285 g/mol. The third kappa shape index (κ3) is 3.30. The zero-order chi connectivity index (χ0) is 14.5. The van der Waals surface area contributed by atoms with Crippen LogP contribution in [0.5, 0.6) is 0 Å². The molecule has 1 aromatic carbocycles. The molecule has 1 aliphatic heterocycles. The van der Waals surface area contributed by atoms with Crippen LogP contribution in [0, 0.1) is 0 Å². The lowest BCUT2D eigenvalue weighted by Crippen LogP contribution is -2.45. The zero-order valence-electron chi connectivity index (χ0n) is 13.1. The van der Waals surface area contributed by atoms with Crippen LogP contribution in [0.4, 0.5) is 0 Å². The normalized spacial score (nSPS) is 18.1. The molecule has 2 aromatic rings. The predicted molar refractivity (Wildman–Crippen MR) is 89.6 cm³/mol. The molecule has 0 radical (unpaired) electrons. The first-order valence-corrected chi connectivity index (χ1v) is 8.41. The molecule has 3 rings (SSSR count). The fourth-order valence-corrected chi connectivity index (χ4v) is 3.52. The Balaban J connectivity index is 1.87. The number of hydrogen-bond donors (Lipinski definition) is 2. The molecule has 1 atom stereocenters. The van der Waals surface area contributed by atoms with Gasteiger partial charge in [-0.05, 0) is 24.1 Å². The maximum Gasteiger partial charge on any atom is 0.0457 e. The molecule has 0 spiro atoms. The van der Waals surface area contributed by atoms with E-state index in [9.17, 15) is 0 Å². The second kappa shape index (κ2) is 7.10. The average Bonchev–Trinajstić information content (AvgIpc) is 3.01. The van der Waals surface area contributed by atoms with Crippen LogP contribution in [0.25, 0.3) is 10.9 Å². The smallest absolute Gasteiger partial charge is 0.0457 e. The van der Waals surface area contributed by atoms with Crippen LogP contribution in [0.2, 0.25) is 0 Å². The largest absolute Gasteiger partial charge is 0.361 e. The molecule has 2 heterocycles. The molecule has 3 nitrogen and oxygen atoms in total. The van der Waals surface area contributed by atoms with E-state index in [-0.39, 0.29) is 0 Å². The van der Waals surface area contributed by atoms with Crippen LogP contribution in [0.3, 0.4) is 0 Å². The van der Waals surface area contributed by atoms with Crippen molar-refractivity contribution in [3.63, 3.8) is 0 Å². The van der Waals surface area contributed by atoms with E-state index in [1.807, 2.05) is 0 Å². The number of nitrogens with zero attached hydrogens (tertiary/aromatic N) is 1. The van der Waals surface area contributed by atoms with Gasteiger partial charge >= 0.3 is 0 Å². The Kier molecular flexibility index (Phi) is 4.94. The highest BCUT2D eigenvalue weighted by molar-refractivity contribution is 5.83. The predicted octanol–water partition coefficient (Wildman–Crippen LogP) is 3.69. The van der Waals surface area contributed by atoms with Crippen molar-refractivity contribution in [1.29, 1.82) is 0 Å². The van der Waals surface area contributed by atoms with Crippen molar-refractivity contribution in [2.24, 2.45) is 0 Å². The fraction of sp³-hybridized carbons (Fsp3) is 0.556. The molecule has 1 fully saturated rings. The van der Waals surface area contributed by atoms with Crippen molar-refractivity contribution >= 4 is 10.9 Å². The van der Waals surface area contributed by atoms with Crippen LogP contribution in [0.15, 0.2) is 30.5 Å². The maximum absolute atomic E-state index is 3.47. The first kappa shape index (κ1) is 14.6. The molecule has 114 valence electrons. The Morgan fingerprint density at radius 1 is 1.14 bits per heavy atom. The highest BCUT2D eigenvalue weighted by Crippen LogP contribution is 2.32. The molecule has 3 heteroatoms. The summed E-state index contributed by atoms with van der Waals surface area (Å²) in [6.07, 6.45) is 7.30. The molecule has 1 aliphatic rings. The summed E-state index contributed by atoms with van der Waals surface area (Å²) in [5.41, 5.74) is 2.77. The Morgan fingerprint density at radius 3 is 2.81 bits per heavy atom. The summed E-state index contributed by atoms with van der Waals surface area (Å²) in [6.45, 7) is 6.85. The van der Waals surface area contributed by atoms with Crippen molar-refractivity contribution in [3.8, 4) is 0 Å².